The molecule has 1 nitrogen and oxygen atoms in total. The predicted molar refractivity (Wildman–Crippen MR) is 69.1 cm³/mol. The molecule has 0 atom stereocenters. The first kappa shape index (κ1) is 10.5. The highest BCUT2D eigenvalue weighted by molar-refractivity contribution is 5.40. The molecule has 1 fully saturated rings. The van der Waals surface area contributed by atoms with Crippen LogP contribution in [0.5, 0.6) is 0 Å². The van der Waals surface area contributed by atoms with E-state index in [9.17, 15) is 0 Å². The maximum atomic E-state index is 5.67. The first-order valence-corrected chi connectivity index (χ1v) is 6.11. The summed E-state index contributed by atoms with van der Waals surface area (Å²) in [7, 11) is 0. The first-order chi connectivity index (χ1) is 8.42. The summed E-state index contributed by atoms with van der Waals surface area (Å²) >= 11 is 0. The second-order valence-corrected chi connectivity index (χ2v) is 4.62. The topological polar surface area (TPSA) is 9.23 Å². The summed E-state index contributed by atoms with van der Waals surface area (Å²) in [5.74, 6) is 0. The van der Waals surface area contributed by atoms with Crippen LogP contribution in [-0.2, 0) is 10.2 Å². The molecular formula is C16H16O. The van der Waals surface area contributed by atoms with Gasteiger partial charge < -0.3 is 4.74 Å². The summed E-state index contributed by atoms with van der Waals surface area (Å²) in [4.78, 5) is 0. The number of hydrogen-bond acceptors (Lipinski definition) is 1. The van der Waals surface area contributed by atoms with Crippen molar-refractivity contribution in [1.29, 1.82) is 0 Å². The minimum atomic E-state index is 0.0581. The summed E-state index contributed by atoms with van der Waals surface area (Å²) in [5, 5.41) is 0. The molecule has 1 heterocycles. The Morgan fingerprint density at radius 3 is 1.71 bits per heavy atom. The Bertz CT molecular complexity index is 428. The third-order valence-electron chi connectivity index (χ3n) is 3.67. The highest BCUT2D eigenvalue weighted by atomic mass is 16.5. The molecule has 1 heteroatoms. The zero-order valence-corrected chi connectivity index (χ0v) is 9.80. The van der Waals surface area contributed by atoms with Gasteiger partial charge >= 0.3 is 0 Å². The maximum absolute atomic E-state index is 5.67. The van der Waals surface area contributed by atoms with Crippen LogP contribution in [0.3, 0.4) is 0 Å². The quantitative estimate of drug-likeness (QED) is 0.759. The van der Waals surface area contributed by atoms with Crippen molar-refractivity contribution in [2.45, 2.75) is 11.8 Å². The van der Waals surface area contributed by atoms with Gasteiger partial charge in [0, 0.05) is 12.0 Å². The van der Waals surface area contributed by atoms with Gasteiger partial charge in [0.25, 0.3) is 0 Å². The lowest BCUT2D eigenvalue weighted by Crippen LogP contribution is -2.27. The molecule has 2 aromatic carbocycles. The van der Waals surface area contributed by atoms with Crippen LogP contribution in [0.2, 0.25) is 0 Å². The van der Waals surface area contributed by atoms with E-state index in [2.05, 4.69) is 60.7 Å². The predicted octanol–water partition coefficient (Wildman–Crippen LogP) is 3.39. The van der Waals surface area contributed by atoms with Crippen molar-refractivity contribution in [3.8, 4) is 0 Å². The Morgan fingerprint density at radius 1 is 0.765 bits per heavy atom. The number of rotatable bonds is 2. The van der Waals surface area contributed by atoms with Crippen molar-refractivity contribution in [3.05, 3.63) is 71.8 Å². The van der Waals surface area contributed by atoms with E-state index in [0.717, 1.165) is 19.6 Å². The Kier molecular flexibility index (Phi) is 2.69. The van der Waals surface area contributed by atoms with Gasteiger partial charge in [0.15, 0.2) is 0 Å². The number of hydrogen-bond donors (Lipinski definition) is 0. The lowest BCUT2D eigenvalue weighted by molar-refractivity contribution is 0.184. The van der Waals surface area contributed by atoms with E-state index in [1.165, 1.54) is 11.1 Å². The largest absolute Gasteiger partial charge is 0.380 e. The number of benzene rings is 2. The van der Waals surface area contributed by atoms with Gasteiger partial charge in [-0.05, 0) is 17.5 Å². The van der Waals surface area contributed by atoms with Gasteiger partial charge in [-0.15, -0.1) is 0 Å². The second-order valence-electron chi connectivity index (χ2n) is 4.62. The molecule has 1 aliphatic rings. The third-order valence-corrected chi connectivity index (χ3v) is 3.67. The summed E-state index contributed by atoms with van der Waals surface area (Å²) < 4.78 is 5.67. The molecule has 17 heavy (non-hydrogen) atoms. The molecule has 1 saturated heterocycles. The summed E-state index contributed by atoms with van der Waals surface area (Å²) in [6.07, 6.45) is 1.07. The van der Waals surface area contributed by atoms with Gasteiger partial charge in [0.1, 0.15) is 0 Å². The lowest BCUT2D eigenvalue weighted by Gasteiger charge is -2.28. The van der Waals surface area contributed by atoms with Crippen LogP contribution in [0.1, 0.15) is 17.5 Å². The molecule has 86 valence electrons. The molecular weight excluding hydrogens is 208 g/mol. The van der Waals surface area contributed by atoms with E-state index in [-0.39, 0.29) is 5.41 Å². The minimum Gasteiger partial charge on any atom is -0.380 e. The molecule has 0 N–H and O–H groups in total. The van der Waals surface area contributed by atoms with Gasteiger partial charge in [-0.3, -0.25) is 0 Å². The van der Waals surface area contributed by atoms with E-state index in [0.29, 0.717) is 0 Å². The monoisotopic (exact) mass is 224 g/mol. The fraction of sp³-hybridized carbons (Fsp3) is 0.250. The average molecular weight is 224 g/mol. The van der Waals surface area contributed by atoms with E-state index in [1.54, 1.807) is 0 Å². The van der Waals surface area contributed by atoms with Crippen molar-refractivity contribution in [3.63, 3.8) is 0 Å². The molecule has 2 aromatic rings. The van der Waals surface area contributed by atoms with Crippen LogP contribution in [0.15, 0.2) is 60.7 Å². The molecule has 3 rings (SSSR count). The van der Waals surface area contributed by atoms with Gasteiger partial charge in [0.05, 0.1) is 6.61 Å². The van der Waals surface area contributed by atoms with Gasteiger partial charge in [-0.2, -0.15) is 0 Å². The zero-order chi connectivity index (χ0) is 11.6. The Morgan fingerprint density at radius 2 is 1.29 bits per heavy atom. The van der Waals surface area contributed by atoms with Crippen LogP contribution < -0.4 is 0 Å². The average Bonchev–Trinajstić information content (AvgIpc) is 2.91. The highest BCUT2D eigenvalue weighted by Crippen LogP contribution is 2.39. The van der Waals surface area contributed by atoms with E-state index >= 15 is 0 Å². The molecule has 0 spiro atoms. The van der Waals surface area contributed by atoms with Gasteiger partial charge in [-0.1, -0.05) is 60.7 Å². The summed E-state index contributed by atoms with van der Waals surface area (Å²) in [6.45, 7) is 1.64. The van der Waals surface area contributed by atoms with Crippen LogP contribution >= 0.6 is 0 Å². The second kappa shape index (κ2) is 4.34. The normalized spacial score (nSPS) is 18.1. The first-order valence-electron chi connectivity index (χ1n) is 6.11. The van der Waals surface area contributed by atoms with Crippen molar-refractivity contribution >= 4 is 0 Å². The number of ether oxygens (including phenoxy) is 1. The molecule has 0 aliphatic carbocycles. The highest BCUT2D eigenvalue weighted by Gasteiger charge is 2.38. The van der Waals surface area contributed by atoms with Crippen LogP contribution in [0, 0.1) is 0 Å². The van der Waals surface area contributed by atoms with Crippen LogP contribution in [-0.4, -0.2) is 13.2 Å². The Labute approximate surface area is 102 Å². The molecule has 0 aromatic heterocycles. The summed E-state index contributed by atoms with van der Waals surface area (Å²) in [6, 6.07) is 21.4. The Balaban J connectivity index is 2.11. The minimum absolute atomic E-state index is 0.0581. The van der Waals surface area contributed by atoms with Crippen LogP contribution in [0.4, 0.5) is 0 Å². The lowest BCUT2D eigenvalue weighted by atomic mass is 9.74. The molecule has 0 amide bonds. The van der Waals surface area contributed by atoms with E-state index < -0.39 is 0 Å². The Hall–Kier alpha value is -1.60. The van der Waals surface area contributed by atoms with Crippen molar-refractivity contribution < 1.29 is 4.74 Å². The zero-order valence-electron chi connectivity index (χ0n) is 9.80. The van der Waals surface area contributed by atoms with Gasteiger partial charge in [0.2, 0.25) is 0 Å². The third kappa shape index (κ3) is 1.77. The smallest absolute Gasteiger partial charge is 0.0604 e. The standard InChI is InChI=1S/C16H16O/c1-3-7-14(8-4-1)16(11-12-17-13-16)15-9-5-2-6-10-15/h1-10H,11-13H2. The van der Waals surface area contributed by atoms with Crippen molar-refractivity contribution in [2.24, 2.45) is 0 Å². The summed E-state index contributed by atoms with van der Waals surface area (Å²) in [5.41, 5.74) is 2.79. The molecule has 0 unspecified atom stereocenters. The molecule has 0 bridgehead atoms. The maximum Gasteiger partial charge on any atom is 0.0604 e. The fourth-order valence-corrected chi connectivity index (χ4v) is 2.70. The fourth-order valence-electron chi connectivity index (χ4n) is 2.70. The van der Waals surface area contributed by atoms with Crippen LogP contribution in [0.25, 0.3) is 0 Å². The van der Waals surface area contributed by atoms with E-state index in [4.69, 9.17) is 4.74 Å². The van der Waals surface area contributed by atoms with E-state index in [1.807, 2.05) is 0 Å². The molecule has 0 saturated carbocycles. The van der Waals surface area contributed by atoms with Crippen molar-refractivity contribution in [1.82, 2.24) is 0 Å². The molecule has 0 radical (unpaired) electrons. The van der Waals surface area contributed by atoms with Gasteiger partial charge in [-0.25, -0.2) is 0 Å². The molecule has 1 aliphatic heterocycles. The SMILES string of the molecule is c1ccc(C2(c3ccccc3)CCOC2)cc1. The van der Waals surface area contributed by atoms with Crippen molar-refractivity contribution in [2.75, 3.05) is 13.2 Å².